The van der Waals surface area contributed by atoms with E-state index in [2.05, 4.69) is 16.0 Å². The molecule has 0 aliphatic carbocycles. The number of nitrogens with one attached hydrogen (secondary N) is 3. The van der Waals surface area contributed by atoms with Crippen LogP contribution in [0.5, 0.6) is 11.5 Å². The van der Waals surface area contributed by atoms with Gasteiger partial charge in [0.05, 0.1) is 19.5 Å². The number of carbonyl (C=O) groups excluding carboxylic acids is 3. The Morgan fingerprint density at radius 3 is 2.26 bits per heavy atom. The largest absolute Gasteiger partial charge is 0.497 e. The van der Waals surface area contributed by atoms with Crippen LogP contribution in [0.25, 0.3) is 6.08 Å². The van der Waals surface area contributed by atoms with E-state index in [1.54, 1.807) is 73.7 Å². The summed E-state index contributed by atoms with van der Waals surface area (Å²) in [6, 6.07) is 26.2. The van der Waals surface area contributed by atoms with E-state index < -0.39 is 17.1 Å². The van der Waals surface area contributed by atoms with E-state index in [1.807, 2.05) is 6.07 Å². The van der Waals surface area contributed by atoms with Crippen molar-refractivity contribution in [3.63, 3.8) is 0 Å². The number of hydrogen-bond acceptors (Lipinski definition) is 6. The minimum absolute atomic E-state index is 0.0227. The van der Waals surface area contributed by atoms with Crippen LogP contribution in [-0.2, 0) is 9.59 Å². The average molecular weight is 600 g/mol. The summed E-state index contributed by atoms with van der Waals surface area (Å²) < 4.78 is 24.0. The number of methoxy groups -OCH3 is 2. The molecule has 4 aromatic rings. The lowest BCUT2D eigenvalue weighted by molar-refractivity contribution is -0.115. The Balaban J connectivity index is 1.53. The summed E-state index contributed by atoms with van der Waals surface area (Å²) in [5.41, 5.74) is 1.82. The van der Waals surface area contributed by atoms with Gasteiger partial charge in [-0.3, -0.25) is 14.4 Å². The van der Waals surface area contributed by atoms with Gasteiger partial charge in [-0.2, -0.15) is 0 Å². The first-order valence-electron chi connectivity index (χ1n) is 13.2. The molecule has 3 amide bonds. The second kappa shape index (κ2) is 14.7. The summed E-state index contributed by atoms with van der Waals surface area (Å²) in [4.78, 5) is 40.0. The predicted molar refractivity (Wildman–Crippen MR) is 167 cm³/mol. The third-order valence-electron chi connectivity index (χ3n) is 6.15. The molecule has 1 atom stereocenters. The highest BCUT2D eigenvalue weighted by molar-refractivity contribution is 8.00. The average Bonchev–Trinajstić information content (AvgIpc) is 3.02. The van der Waals surface area contributed by atoms with Crippen molar-refractivity contribution in [1.82, 2.24) is 5.32 Å². The number of benzene rings is 4. The summed E-state index contributed by atoms with van der Waals surface area (Å²) in [6.45, 7) is 1.75. The topological polar surface area (TPSA) is 106 Å². The van der Waals surface area contributed by atoms with Crippen molar-refractivity contribution in [3.8, 4) is 11.5 Å². The normalized spacial score (nSPS) is 11.7. The Hall–Kier alpha value is -5.09. The predicted octanol–water partition coefficient (Wildman–Crippen LogP) is 6.37. The summed E-state index contributed by atoms with van der Waals surface area (Å²) in [5, 5.41) is 7.81. The minimum Gasteiger partial charge on any atom is -0.497 e. The number of anilines is 2. The van der Waals surface area contributed by atoms with Crippen molar-refractivity contribution in [1.29, 1.82) is 0 Å². The zero-order valence-electron chi connectivity index (χ0n) is 23.7. The lowest BCUT2D eigenvalue weighted by Gasteiger charge is -2.15. The highest BCUT2D eigenvalue weighted by Crippen LogP contribution is 2.28. The monoisotopic (exact) mass is 599 g/mol. The highest BCUT2D eigenvalue weighted by atomic mass is 32.2. The molecule has 0 fully saturated rings. The minimum atomic E-state index is -0.571. The lowest BCUT2D eigenvalue weighted by Crippen LogP contribution is -2.30. The standard InChI is InChI=1S/C33H30FN3O5S/c1-21(31(38)35-25-14-12-24(34)13-15-25)43-28-11-7-10-26(20-28)36-33(40)29(37-32(39)22-8-5-4-6-9-22)19-23-18-27(41-2)16-17-30(23)42-3/h4-21H,1-3H3,(H,35,38)(H,36,40)(H,37,39)/b29-19+. The van der Waals surface area contributed by atoms with Gasteiger partial charge in [0, 0.05) is 27.4 Å². The fourth-order valence-corrected chi connectivity index (χ4v) is 4.86. The molecule has 43 heavy (non-hydrogen) atoms. The molecular weight excluding hydrogens is 569 g/mol. The molecule has 0 bridgehead atoms. The number of halogens is 1. The van der Waals surface area contributed by atoms with Crippen LogP contribution in [0.4, 0.5) is 15.8 Å². The molecule has 0 saturated carbocycles. The van der Waals surface area contributed by atoms with Gasteiger partial charge < -0.3 is 25.4 Å². The first kappa shape index (κ1) is 30.9. The second-order valence-corrected chi connectivity index (χ2v) is 10.6. The van der Waals surface area contributed by atoms with Crippen LogP contribution in [0.15, 0.2) is 108 Å². The lowest BCUT2D eigenvalue weighted by atomic mass is 10.1. The van der Waals surface area contributed by atoms with E-state index in [1.165, 1.54) is 56.3 Å². The van der Waals surface area contributed by atoms with Gasteiger partial charge in [-0.25, -0.2) is 4.39 Å². The van der Waals surface area contributed by atoms with E-state index in [0.717, 1.165) is 4.90 Å². The van der Waals surface area contributed by atoms with E-state index in [-0.39, 0.29) is 17.4 Å². The molecule has 10 heteroatoms. The van der Waals surface area contributed by atoms with Gasteiger partial charge in [0.2, 0.25) is 5.91 Å². The van der Waals surface area contributed by atoms with Crippen molar-refractivity contribution in [2.24, 2.45) is 0 Å². The Morgan fingerprint density at radius 1 is 0.814 bits per heavy atom. The van der Waals surface area contributed by atoms with Gasteiger partial charge in [-0.15, -0.1) is 11.8 Å². The Bertz CT molecular complexity index is 1630. The maximum atomic E-state index is 13.5. The quantitative estimate of drug-likeness (QED) is 0.137. The zero-order valence-corrected chi connectivity index (χ0v) is 24.5. The smallest absolute Gasteiger partial charge is 0.272 e. The molecule has 0 aromatic heterocycles. The SMILES string of the molecule is COc1ccc(OC)c(/C=C(/NC(=O)c2ccccc2)C(=O)Nc2cccc(SC(C)C(=O)Nc3ccc(F)cc3)c2)c1. The van der Waals surface area contributed by atoms with Crippen molar-refractivity contribution < 1.29 is 28.2 Å². The van der Waals surface area contributed by atoms with Crippen molar-refractivity contribution in [2.45, 2.75) is 17.1 Å². The van der Waals surface area contributed by atoms with E-state index >= 15 is 0 Å². The molecular formula is C33H30FN3O5S. The molecule has 1 unspecified atom stereocenters. The van der Waals surface area contributed by atoms with Gasteiger partial charge in [0.25, 0.3) is 11.8 Å². The molecule has 0 heterocycles. The van der Waals surface area contributed by atoms with Crippen molar-refractivity contribution >= 4 is 46.9 Å². The van der Waals surface area contributed by atoms with Crippen LogP contribution >= 0.6 is 11.8 Å². The van der Waals surface area contributed by atoms with Crippen LogP contribution in [0.1, 0.15) is 22.8 Å². The third-order valence-corrected chi connectivity index (χ3v) is 7.24. The van der Waals surface area contributed by atoms with Crippen LogP contribution in [0, 0.1) is 5.82 Å². The van der Waals surface area contributed by atoms with Crippen LogP contribution in [0.3, 0.4) is 0 Å². The molecule has 0 aliphatic rings. The van der Waals surface area contributed by atoms with Crippen LogP contribution < -0.4 is 25.4 Å². The number of rotatable bonds is 11. The summed E-state index contributed by atoms with van der Waals surface area (Å²) in [6.07, 6.45) is 1.51. The second-order valence-electron chi connectivity index (χ2n) is 9.22. The number of hydrogen-bond donors (Lipinski definition) is 3. The third kappa shape index (κ3) is 8.70. The zero-order chi connectivity index (χ0) is 30.8. The molecule has 0 aliphatic heterocycles. The van der Waals surface area contributed by atoms with Crippen LogP contribution in [-0.4, -0.2) is 37.2 Å². The molecule has 4 aromatic carbocycles. The van der Waals surface area contributed by atoms with Crippen molar-refractivity contribution in [3.05, 3.63) is 120 Å². The number of ether oxygens (including phenoxy) is 2. The highest BCUT2D eigenvalue weighted by Gasteiger charge is 2.18. The van der Waals surface area contributed by atoms with Crippen molar-refractivity contribution in [2.75, 3.05) is 24.9 Å². The maximum Gasteiger partial charge on any atom is 0.272 e. The summed E-state index contributed by atoms with van der Waals surface area (Å²) in [7, 11) is 3.03. The molecule has 0 spiro atoms. The van der Waals surface area contributed by atoms with E-state index in [0.29, 0.717) is 34.0 Å². The van der Waals surface area contributed by atoms with Gasteiger partial charge in [-0.1, -0.05) is 24.3 Å². The van der Waals surface area contributed by atoms with Crippen LogP contribution in [0.2, 0.25) is 0 Å². The first-order chi connectivity index (χ1) is 20.7. The number of carbonyl (C=O) groups is 3. The summed E-state index contributed by atoms with van der Waals surface area (Å²) in [5.74, 6) is -0.658. The molecule has 4 rings (SSSR count). The summed E-state index contributed by atoms with van der Waals surface area (Å²) >= 11 is 1.29. The maximum absolute atomic E-state index is 13.5. The Labute approximate surface area is 253 Å². The van der Waals surface area contributed by atoms with E-state index in [4.69, 9.17) is 9.47 Å². The van der Waals surface area contributed by atoms with Gasteiger partial charge >= 0.3 is 0 Å². The molecule has 220 valence electrons. The Kier molecular flexibility index (Phi) is 10.5. The fraction of sp³-hybridized carbons (Fsp3) is 0.121. The molecule has 8 nitrogen and oxygen atoms in total. The van der Waals surface area contributed by atoms with Gasteiger partial charge in [0.15, 0.2) is 0 Å². The van der Waals surface area contributed by atoms with E-state index in [9.17, 15) is 18.8 Å². The number of thioether (sulfide) groups is 1. The first-order valence-corrected chi connectivity index (χ1v) is 14.1. The number of amides is 3. The van der Waals surface area contributed by atoms with Gasteiger partial charge in [0.1, 0.15) is 23.0 Å². The molecule has 0 radical (unpaired) electrons. The van der Waals surface area contributed by atoms with Gasteiger partial charge in [-0.05, 0) is 85.8 Å². The fourth-order valence-electron chi connectivity index (χ4n) is 3.93. The Morgan fingerprint density at radius 2 is 1.56 bits per heavy atom. The molecule has 3 N–H and O–H groups in total. The molecule has 0 saturated heterocycles.